The Hall–Kier alpha value is 1.39. The van der Waals surface area contributed by atoms with Crippen LogP contribution in [-0.4, -0.2) is 30.0 Å². The van der Waals surface area contributed by atoms with E-state index in [0.717, 1.165) is 0 Å². The van der Waals surface area contributed by atoms with Gasteiger partial charge < -0.3 is 0 Å². The van der Waals surface area contributed by atoms with E-state index in [1.807, 2.05) is 0 Å². The van der Waals surface area contributed by atoms with Gasteiger partial charge in [0, 0.05) is 0 Å². The first kappa shape index (κ1) is 26.4. The van der Waals surface area contributed by atoms with E-state index in [2.05, 4.69) is 52.2 Å². The van der Waals surface area contributed by atoms with Crippen molar-refractivity contribution in [2.24, 2.45) is 0 Å². The average Bonchev–Trinajstić information content (AvgIpc) is 2.62. The Morgan fingerprint density at radius 1 is 0.480 bits per heavy atom. The molecular weight excluding hydrogens is 455 g/mol. The van der Waals surface area contributed by atoms with Gasteiger partial charge in [-0.15, -0.1) is 0 Å². The fourth-order valence-electron chi connectivity index (χ4n) is 3.99. The van der Waals surface area contributed by atoms with E-state index in [0.29, 0.717) is 0 Å². The van der Waals surface area contributed by atoms with Gasteiger partial charge in [-0.2, -0.15) is 0 Å². The van der Waals surface area contributed by atoms with Gasteiger partial charge in [0.15, 0.2) is 0 Å². The summed E-state index contributed by atoms with van der Waals surface area (Å²) in [5.74, 6) is 0. The molecule has 0 rings (SSSR count). The molecule has 0 atom stereocenters. The summed E-state index contributed by atoms with van der Waals surface area (Å²) in [7, 11) is 0. The van der Waals surface area contributed by atoms with Gasteiger partial charge in [0.1, 0.15) is 0 Å². The molecule has 0 aromatic heterocycles. The molecule has 0 N–H and O–H groups in total. The monoisotopic (exact) mass is 500 g/mol. The van der Waals surface area contributed by atoms with Crippen molar-refractivity contribution in [1.82, 2.24) is 0 Å². The fourth-order valence-corrected chi connectivity index (χ4v) is 13.1. The summed E-state index contributed by atoms with van der Waals surface area (Å²) in [6.45, 7) is 7.09. The van der Waals surface area contributed by atoms with Crippen LogP contribution in [0.1, 0.15) is 111 Å². The second-order valence-electron chi connectivity index (χ2n) is 8.29. The van der Waals surface area contributed by atoms with Crippen LogP contribution in [0, 0.1) is 0 Å². The second kappa shape index (κ2) is 16.4. The molecule has 0 nitrogen and oxygen atoms in total. The quantitative estimate of drug-likeness (QED) is 0.0937. The third-order valence-corrected chi connectivity index (χ3v) is 16.4. The summed E-state index contributed by atoms with van der Waals surface area (Å²) in [4.78, 5) is 0. The number of alkyl halides is 1. The first-order chi connectivity index (χ1) is 12.0. The molecule has 154 valence electrons. The standard InChI is InChI=1S/C22H47Br2P/c1-4-7-19-25(24,20-8-5-2,21-9-6-3)22-17-15-13-11-10-12-14-16-18-23/h4-22H2,1-3H3. The minimum atomic E-state index is -1.62. The van der Waals surface area contributed by atoms with Crippen molar-refractivity contribution >= 4 is 36.7 Å². The Morgan fingerprint density at radius 3 is 1.16 bits per heavy atom. The first-order valence-electron chi connectivity index (χ1n) is 11.3. The van der Waals surface area contributed by atoms with Gasteiger partial charge in [-0.25, -0.2) is 0 Å². The van der Waals surface area contributed by atoms with Crippen molar-refractivity contribution in [3.8, 4) is 0 Å². The summed E-state index contributed by atoms with van der Waals surface area (Å²) < 4.78 is 0. The van der Waals surface area contributed by atoms with Crippen molar-refractivity contribution in [1.29, 1.82) is 0 Å². The Balaban J connectivity index is 4.35. The van der Waals surface area contributed by atoms with Gasteiger partial charge in [-0.3, -0.25) is 0 Å². The summed E-state index contributed by atoms with van der Waals surface area (Å²) in [5, 5.41) is -0.445. The van der Waals surface area contributed by atoms with Gasteiger partial charge >= 0.3 is 177 Å². The molecule has 0 aliphatic rings. The third kappa shape index (κ3) is 13.2. The summed E-state index contributed by atoms with van der Waals surface area (Å²) in [5.41, 5.74) is 0. The topological polar surface area (TPSA) is 0 Å². The molecule has 0 fully saturated rings. The van der Waals surface area contributed by atoms with Crippen molar-refractivity contribution in [2.45, 2.75) is 111 Å². The zero-order valence-electron chi connectivity index (χ0n) is 17.6. The molecule has 25 heavy (non-hydrogen) atoms. The molecule has 0 aromatic rings. The molecule has 0 saturated heterocycles. The number of hydrogen-bond donors (Lipinski definition) is 0. The Labute approximate surface area is 176 Å². The Bertz CT molecular complexity index is 269. The van der Waals surface area contributed by atoms with Crippen LogP contribution in [0.4, 0.5) is 0 Å². The van der Waals surface area contributed by atoms with Crippen molar-refractivity contribution in [2.75, 3.05) is 30.0 Å². The molecule has 0 unspecified atom stereocenters. The van der Waals surface area contributed by atoms with E-state index in [-0.39, 0.29) is 0 Å². The summed E-state index contributed by atoms with van der Waals surface area (Å²) in [6, 6.07) is 0. The molecule has 0 aromatic carbocycles. The van der Waals surface area contributed by atoms with Gasteiger partial charge in [0.25, 0.3) is 0 Å². The molecule has 0 bridgehead atoms. The van der Waals surface area contributed by atoms with Gasteiger partial charge in [0.2, 0.25) is 0 Å². The van der Waals surface area contributed by atoms with Gasteiger partial charge in [0.05, 0.1) is 0 Å². The molecule has 3 heteroatoms. The van der Waals surface area contributed by atoms with E-state index < -0.39 is 5.31 Å². The predicted molar refractivity (Wildman–Crippen MR) is 131 cm³/mol. The predicted octanol–water partition coefficient (Wildman–Crippen LogP) is 9.77. The van der Waals surface area contributed by atoms with Crippen LogP contribution < -0.4 is 0 Å². The average molecular weight is 502 g/mol. The molecule has 0 aliphatic carbocycles. The third-order valence-electron chi connectivity index (χ3n) is 5.81. The molecule has 0 spiro atoms. The normalized spacial score (nSPS) is 13.7. The number of rotatable bonds is 19. The van der Waals surface area contributed by atoms with Crippen LogP contribution >= 0.6 is 36.7 Å². The van der Waals surface area contributed by atoms with E-state index in [4.69, 9.17) is 0 Å². The van der Waals surface area contributed by atoms with Crippen LogP contribution in [-0.2, 0) is 0 Å². The fraction of sp³-hybridized carbons (Fsp3) is 1.00. The minimum absolute atomic E-state index is 1.18. The van der Waals surface area contributed by atoms with Crippen LogP contribution in [0.5, 0.6) is 0 Å². The molecular formula is C22H47Br2P. The number of hydrogen-bond acceptors (Lipinski definition) is 0. The second-order valence-corrected chi connectivity index (χ2v) is 20.5. The van der Waals surface area contributed by atoms with Crippen LogP contribution in [0.15, 0.2) is 0 Å². The summed E-state index contributed by atoms with van der Waals surface area (Å²) >= 11 is 8.06. The maximum absolute atomic E-state index is 4.53. The Kier molecular flexibility index (Phi) is 17.3. The molecule has 0 radical (unpaired) electrons. The van der Waals surface area contributed by atoms with E-state index in [1.165, 1.54) is 120 Å². The van der Waals surface area contributed by atoms with Crippen molar-refractivity contribution in [3.05, 3.63) is 0 Å². The molecule has 0 aliphatic heterocycles. The van der Waals surface area contributed by atoms with Crippen LogP contribution in [0.2, 0.25) is 0 Å². The van der Waals surface area contributed by atoms with Crippen molar-refractivity contribution < 1.29 is 0 Å². The molecule has 0 amide bonds. The molecule has 0 heterocycles. The van der Waals surface area contributed by atoms with E-state index in [1.54, 1.807) is 0 Å². The van der Waals surface area contributed by atoms with Gasteiger partial charge in [-0.1, -0.05) is 0 Å². The van der Waals surface area contributed by atoms with Crippen LogP contribution in [0.3, 0.4) is 0 Å². The molecule has 0 saturated carbocycles. The van der Waals surface area contributed by atoms with Crippen LogP contribution in [0.25, 0.3) is 0 Å². The number of halogens is 2. The zero-order valence-corrected chi connectivity index (χ0v) is 21.7. The Morgan fingerprint density at radius 2 is 0.800 bits per heavy atom. The first-order valence-corrected chi connectivity index (χ1v) is 17.4. The SMILES string of the molecule is CCCCP(Br)(CCCC)(CCCC)CCCCCCCCCCBr. The summed E-state index contributed by atoms with van der Waals surface area (Å²) in [6.07, 6.45) is 25.9. The maximum atomic E-state index is 4.53. The van der Waals surface area contributed by atoms with Gasteiger partial charge in [-0.05, 0) is 0 Å². The van der Waals surface area contributed by atoms with Crippen molar-refractivity contribution in [3.63, 3.8) is 0 Å². The van der Waals surface area contributed by atoms with E-state index in [9.17, 15) is 0 Å². The van der Waals surface area contributed by atoms with E-state index >= 15 is 0 Å². The zero-order chi connectivity index (χ0) is 18.9. The number of unbranched alkanes of at least 4 members (excludes halogenated alkanes) is 10.